The van der Waals surface area contributed by atoms with Crippen molar-refractivity contribution in [3.63, 3.8) is 0 Å². The molecule has 114 valence electrons. The first-order valence-electron chi connectivity index (χ1n) is 7.21. The topological polar surface area (TPSA) is 57.4 Å². The highest BCUT2D eigenvalue weighted by Crippen LogP contribution is 2.36. The van der Waals surface area contributed by atoms with Crippen LogP contribution in [0.5, 0.6) is 5.75 Å². The fourth-order valence-corrected chi connectivity index (χ4v) is 2.54. The summed E-state index contributed by atoms with van der Waals surface area (Å²) in [5.74, 6) is 1.27. The molecule has 0 spiro atoms. The van der Waals surface area contributed by atoms with Gasteiger partial charge in [-0.1, -0.05) is 20.8 Å². The summed E-state index contributed by atoms with van der Waals surface area (Å²) >= 11 is 0. The maximum absolute atomic E-state index is 6.12. The lowest BCUT2D eigenvalue weighted by molar-refractivity contribution is 0.252. The third-order valence-electron chi connectivity index (χ3n) is 3.83. The molecule has 0 unspecified atom stereocenters. The molecule has 1 aromatic heterocycles. The van der Waals surface area contributed by atoms with Gasteiger partial charge in [0.15, 0.2) is 8.32 Å². The molecule has 20 heavy (non-hydrogen) atoms. The Bertz CT molecular complexity index is 417. The third-order valence-corrected chi connectivity index (χ3v) is 8.37. The largest absolute Gasteiger partial charge is 0.493 e. The molecule has 2 N–H and O–H groups in total. The Morgan fingerprint density at radius 1 is 1.20 bits per heavy atom. The van der Waals surface area contributed by atoms with Gasteiger partial charge in [-0.25, -0.2) is 4.98 Å². The van der Waals surface area contributed by atoms with Gasteiger partial charge >= 0.3 is 0 Å². The molecule has 5 heteroatoms. The van der Waals surface area contributed by atoms with Gasteiger partial charge in [0.25, 0.3) is 0 Å². The summed E-state index contributed by atoms with van der Waals surface area (Å²) in [4.78, 5) is 3.93. The highest BCUT2D eigenvalue weighted by Gasteiger charge is 2.36. The van der Waals surface area contributed by atoms with Crippen LogP contribution >= 0.6 is 0 Å². The highest BCUT2D eigenvalue weighted by atomic mass is 28.4. The van der Waals surface area contributed by atoms with Gasteiger partial charge in [-0.2, -0.15) is 0 Å². The molecule has 0 saturated heterocycles. The molecule has 0 aliphatic carbocycles. The number of nitrogens with zero attached hydrogens (tertiary/aromatic N) is 1. The third kappa shape index (κ3) is 5.51. The van der Waals surface area contributed by atoms with Crippen LogP contribution in [0.2, 0.25) is 18.1 Å². The normalized spacial score (nSPS) is 12.4. The van der Waals surface area contributed by atoms with Gasteiger partial charge in [-0.15, -0.1) is 0 Å². The predicted molar refractivity (Wildman–Crippen MR) is 86.5 cm³/mol. The van der Waals surface area contributed by atoms with Crippen molar-refractivity contribution >= 4 is 14.1 Å². The standard InChI is InChI=1S/C15H28N2O2Si/c1-15(2,3)20(4,5)19-11-7-6-10-18-13-8-9-17-14(16)12-13/h8-9,12H,6-7,10-11H2,1-5H3,(H2,16,17). The zero-order valence-corrected chi connectivity index (χ0v) is 14.4. The quantitative estimate of drug-likeness (QED) is 0.613. The van der Waals surface area contributed by atoms with E-state index in [1.165, 1.54) is 0 Å². The van der Waals surface area contributed by atoms with E-state index in [4.69, 9.17) is 14.9 Å². The van der Waals surface area contributed by atoms with Crippen LogP contribution in [0.15, 0.2) is 18.3 Å². The van der Waals surface area contributed by atoms with Crippen LogP contribution in [0, 0.1) is 0 Å². The number of nitrogen functional groups attached to an aromatic ring is 1. The molecule has 4 nitrogen and oxygen atoms in total. The van der Waals surface area contributed by atoms with Crippen molar-refractivity contribution in [2.75, 3.05) is 18.9 Å². The Morgan fingerprint density at radius 2 is 1.85 bits per heavy atom. The molecule has 0 amide bonds. The second-order valence-electron chi connectivity index (χ2n) is 6.58. The van der Waals surface area contributed by atoms with Crippen molar-refractivity contribution in [3.05, 3.63) is 18.3 Å². The Balaban J connectivity index is 2.17. The van der Waals surface area contributed by atoms with E-state index in [2.05, 4.69) is 38.8 Å². The van der Waals surface area contributed by atoms with Crippen LogP contribution < -0.4 is 10.5 Å². The van der Waals surface area contributed by atoms with E-state index in [1.807, 2.05) is 6.07 Å². The Kier molecular flexibility index (Phi) is 6.01. The van der Waals surface area contributed by atoms with E-state index in [0.29, 0.717) is 12.4 Å². The van der Waals surface area contributed by atoms with Crippen molar-refractivity contribution in [3.8, 4) is 5.75 Å². The van der Waals surface area contributed by atoms with E-state index < -0.39 is 8.32 Å². The second kappa shape index (κ2) is 7.08. The number of aromatic nitrogens is 1. The predicted octanol–water partition coefficient (Wildman–Crippen LogP) is 3.84. The smallest absolute Gasteiger partial charge is 0.191 e. The number of rotatable bonds is 7. The van der Waals surface area contributed by atoms with Crippen LogP contribution in [0.3, 0.4) is 0 Å². The Morgan fingerprint density at radius 3 is 2.45 bits per heavy atom. The van der Waals surface area contributed by atoms with Crippen LogP contribution in [0.4, 0.5) is 5.82 Å². The number of pyridine rings is 1. The summed E-state index contributed by atoms with van der Waals surface area (Å²) in [5.41, 5.74) is 5.59. The fourth-order valence-electron chi connectivity index (χ4n) is 1.46. The zero-order chi connectivity index (χ0) is 15.2. The molecule has 1 rings (SSSR count). The minimum atomic E-state index is -1.60. The SMILES string of the molecule is CC(C)(C)[Si](C)(C)OCCCCOc1ccnc(N)c1. The van der Waals surface area contributed by atoms with Crippen molar-refractivity contribution < 1.29 is 9.16 Å². The lowest BCUT2D eigenvalue weighted by Crippen LogP contribution is -2.41. The van der Waals surface area contributed by atoms with Gasteiger partial charge in [0.2, 0.25) is 0 Å². The Hall–Kier alpha value is -1.07. The van der Waals surface area contributed by atoms with Gasteiger partial charge in [-0.05, 0) is 37.0 Å². The lowest BCUT2D eigenvalue weighted by atomic mass is 10.2. The number of hydrogen-bond donors (Lipinski definition) is 1. The molecule has 0 aliphatic heterocycles. The van der Waals surface area contributed by atoms with Crippen molar-refractivity contribution in [2.24, 2.45) is 0 Å². The van der Waals surface area contributed by atoms with E-state index in [0.717, 1.165) is 25.2 Å². The zero-order valence-electron chi connectivity index (χ0n) is 13.4. The number of unbranched alkanes of at least 4 members (excludes halogenated alkanes) is 1. The minimum Gasteiger partial charge on any atom is -0.493 e. The molecule has 0 atom stereocenters. The molecule has 0 aliphatic rings. The van der Waals surface area contributed by atoms with Gasteiger partial charge in [0, 0.05) is 18.9 Å². The summed E-state index contributed by atoms with van der Waals surface area (Å²) in [5, 5.41) is 0.276. The summed E-state index contributed by atoms with van der Waals surface area (Å²) < 4.78 is 11.7. The molecule has 0 fully saturated rings. The lowest BCUT2D eigenvalue weighted by Gasteiger charge is -2.36. The van der Waals surface area contributed by atoms with Crippen molar-refractivity contribution in [1.29, 1.82) is 0 Å². The van der Waals surface area contributed by atoms with E-state index in [9.17, 15) is 0 Å². The molecule has 0 bridgehead atoms. The molecule has 0 saturated carbocycles. The molecular weight excluding hydrogens is 268 g/mol. The van der Waals surface area contributed by atoms with E-state index >= 15 is 0 Å². The van der Waals surface area contributed by atoms with E-state index in [1.54, 1.807) is 12.3 Å². The molecular formula is C15H28N2O2Si. The summed E-state index contributed by atoms with van der Waals surface area (Å²) in [6.07, 6.45) is 3.66. The van der Waals surface area contributed by atoms with Gasteiger partial charge in [0.1, 0.15) is 11.6 Å². The highest BCUT2D eigenvalue weighted by molar-refractivity contribution is 6.74. The molecule has 1 heterocycles. The van der Waals surface area contributed by atoms with Crippen LogP contribution in [0.25, 0.3) is 0 Å². The molecule has 0 aromatic carbocycles. The molecule has 0 radical (unpaired) electrons. The monoisotopic (exact) mass is 296 g/mol. The average Bonchev–Trinajstić information content (AvgIpc) is 2.32. The summed E-state index contributed by atoms with van der Waals surface area (Å²) in [6, 6.07) is 3.56. The van der Waals surface area contributed by atoms with Crippen LogP contribution in [-0.4, -0.2) is 26.5 Å². The van der Waals surface area contributed by atoms with Crippen LogP contribution in [-0.2, 0) is 4.43 Å². The first-order chi connectivity index (χ1) is 9.22. The second-order valence-corrected chi connectivity index (χ2v) is 11.4. The summed E-state index contributed by atoms with van der Waals surface area (Å²) in [6.45, 7) is 12.8. The van der Waals surface area contributed by atoms with Crippen molar-refractivity contribution in [1.82, 2.24) is 4.98 Å². The summed E-state index contributed by atoms with van der Waals surface area (Å²) in [7, 11) is -1.60. The molecule has 1 aromatic rings. The number of anilines is 1. The van der Waals surface area contributed by atoms with Gasteiger partial charge in [-0.3, -0.25) is 0 Å². The maximum Gasteiger partial charge on any atom is 0.191 e. The van der Waals surface area contributed by atoms with Crippen LogP contribution in [0.1, 0.15) is 33.6 Å². The number of ether oxygens (including phenoxy) is 1. The van der Waals surface area contributed by atoms with Gasteiger partial charge in [0.05, 0.1) is 6.61 Å². The minimum absolute atomic E-state index is 0.276. The van der Waals surface area contributed by atoms with Crippen molar-refractivity contribution in [2.45, 2.75) is 51.7 Å². The average molecular weight is 296 g/mol. The fraction of sp³-hybridized carbons (Fsp3) is 0.667. The first-order valence-corrected chi connectivity index (χ1v) is 10.1. The van der Waals surface area contributed by atoms with E-state index in [-0.39, 0.29) is 5.04 Å². The number of nitrogens with two attached hydrogens (primary N) is 1. The first kappa shape index (κ1) is 17.0. The maximum atomic E-state index is 6.12. The Labute approximate surface area is 123 Å². The van der Waals surface area contributed by atoms with Gasteiger partial charge < -0.3 is 14.9 Å². The number of hydrogen-bond acceptors (Lipinski definition) is 4.